The van der Waals surface area contributed by atoms with Crippen LogP contribution in [0, 0.1) is 0 Å². The fourth-order valence-electron chi connectivity index (χ4n) is 2.17. The van der Waals surface area contributed by atoms with Crippen LogP contribution in [0.25, 0.3) is 0 Å². The second-order valence-electron chi connectivity index (χ2n) is 5.11. The van der Waals surface area contributed by atoms with E-state index in [1.54, 1.807) is 0 Å². The molecule has 1 heterocycles. The Morgan fingerprint density at radius 1 is 1.25 bits per heavy atom. The maximum absolute atomic E-state index is 12.1. The number of ether oxygens (including phenoxy) is 2. The average Bonchev–Trinajstić information content (AvgIpc) is 2.61. The number of hydrogen-bond acceptors (Lipinski definition) is 6. The van der Waals surface area contributed by atoms with Gasteiger partial charge in [-0.3, -0.25) is 4.79 Å². The molecule has 1 aromatic heterocycles. The minimum atomic E-state index is -1.09. The van der Waals surface area contributed by atoms with Crippen LogP contribution in [0.5, 0.6) is 5.75 Å². The summed E-state index contributed by atoms with van der Waals surface area (Å²) in [6.07, 6.45) is 0.265. The summed E-state index contributed by atoms with van der Waals surface area (Å²) in [6.45, 7) is -0.456. The molecule has 2 rings (SSSR count). The molecule has 0 aliphatic rings. The van der Waals surface area contributed by atoms with Gasteiger partial charge in [0.2, 0.25) is 5.43 Å². The minimum absolute atomic E-state index is 0.0804. The standard InChI is InChI=1S/C17H19NO6/c1-23-17(22)15-16(24-11-12-5-3-2-4-6-12)14(21)7-8-18(15)9-13(20)10-19/h2-8,13,19-20H,9-11H2,1H3/t13-/m0/s1. The van der Waals surface area contributed by atoms with Gasteiger partial charge in [-0.2, -0.15) is 0 Å². The van der Waals surface area contributed by atoms with Crippen LogP contribution in [-0.2, 0) is 17.9 Å². The lowest BCUT2D eigenvalue weighted by molar-refractivity contribution is 0.0557. The zero-order chi connectivity index (χ0) is 17.5. The number of carbonyl (C=O) groups excluding carboxylic acids is 1. The number of pyridine rings is 1. The van der Waals surface area contributed by atoms with Gasteiger partial charge < -0.3 is 24.3 Å². The van der Waals surface area contributed by atoms with Crippen molar-refractivity contribution in [3.63, 3.8) is 0 Å². The van der Waals surface area contributed by atoms with Crippen molar-refractivity contribution in [2.24, 2.45) is 0 Å². The third-order valence-electron chi connectivity index (χ3n) is 3.35. The predicted molar refractivity (Wildman–Crippen MR) is 85.9 cm³/mol. The van der Waals surface area contributed by atoms with Crippen molar-refractivity contribution in [3.8, 4) is 5.75 Å². The van der Waals surface area contributed by atoms with Crippen LogP contribution < -0.4 is 10.2 Å². The van der Waals surface area contributed by atoms with Crippen molar-refractivity contribution < 1.29 is 24.5 Å². The Kier molecular flexibility index (Phi) is 6.11. The molecule has 0 saturated heterocycles. The molecule has 0 spiro atoms. The largest absolute Gasteiger partial charge is 0.482 e. The molecule has 0 unspecified atom stereocenters. The fourth-order valence-corrected chi connectivity index (χ4v) is 2.17. The second kappa shape index (κ2) is 8.28. The van der Waals surface area contributed by atoms with Gasteiger partial charge in [0.1, 0.15) is 6.61 Å². The van der Waals surface area contributed by atoms with E-state index in [4.69, 9.17) is 14.6 Å². The Hall–Kier alpha value is -2.64. The van der Waals surface area contributed by atoms with Gasteiger partial charge in [-0.15, -0.1) is 0 Å². The number of benzene rings is 1. The van der Waals surface area contributed by atoms with Crippen LogP contribution in [-0.4, -0.2) is 40.6 Å². The summed E-state index contributed by atoms with van der Waals surface area (Å²) in [5.74, 6) is -0.917. The summed E-state index contributed by atoms with van der Waals surface area (Å²) in [6, 6.07) is 10.4. The van der Waals surface area contributed by atoms with Gasteiger partial charge in [0.15, 0.2) is 11.4 Å². The quantitative estimate of drug-likeness (QED) is 0.719. The molecule has 1 aromatic carbocycles. The van der Waals surface area contributed by atoms with E-state index in [0.29, 0.717) is 0 Å². The number of hydrogen-bond donors (Lipinski definition) is 2. The van der Waals surface area contributed by atoms with Gasteiger partial charge in [0.25, 0.3) is 0 Å². The number of methoxy groups -OCH3 is 1. The molecular weight excluding hydrogens is 314 g/mol. The average molecular weight is 333 g/mol. The van der Waals surface area contributed by atoms with Crippen LogP contribution in [0.4, 0.5) is 0 Å². The maximum Gasteiger partial charge on any atom is 0.358 e. The molecule has 1 atom stereocenters. The van der Waals surface area contributed by atoms with Gasteiger partial charge >= 0.3 is 5.97 Å². The van der Waals surface area contributed by atoms with Gasteiger partial charge in [-0.05, 0) is 5.56 Å². The number of nitrogens with zero attached hydrogens (tertiary/aromatic N) is 1. The zero-order valence-corrected chi connectivity index (χ0v) is 13.2. The summed E-state index contributed by atoms with van der Waals surface area (Å²) in [7, 11) is 1.19. The van der Waals surface area contributed by atoms with E-state index >= 15 is 0 Å². The van der Waals surface area contributed by atoms with Gasteiger partial charge in [-0.25, -0.2) is 4.79 Å². The highest BCUT2D eigenvalue weighted by molar-refractivity contribution is 5.90. The van der Waals surface area contributed by atoms with E-state index in [2.05, 4.69) is 0 Å². The Balaban J connectivity index is 2.38. The molecule has 0 aliphatic carbocycles. The highest BCUT2D eigenvalue weighted by Gasteiger charge is 2.22. The van der Waals surface area contributed by atoms with Crippen molar-refractivity contribution >= 4 is 5.97 Å². The number of esters is 1. The Morgan fingerprint density at radius 3 is 2.58 bits per heavy atom. The first-order chi connectivity index (χ1) is 11.6. The van der Waals surface area contributed by atoms with Crippen LogP contribution in [0.2, 0.25) is 0 Å². The molecule has 0 fully saturated rings. The van der Waals surface area contributed by atoms with Crippen molar-refractivity contribution in [1.29, 1.82) is 0 Å². The molecule has 2 aromatic rings. The lowest BCUT2D eigenvalue weighted by Crippen LogP contribution is -2.27. The molecule has 0 saturated carbocycles. The first-order valence-electron chi connectivity index (χ1n) is 7.34. The third-order valence-corrected chi connectivity index (χ3v) is 3.35. The smallest absolute Gasteiger partial charge is 0.358 e. The molecule has 24 heavy (non-hydrogen) atoms. The van der Waals surface area contributed by atoms with E-state index in [-0.39, 0.29) is 24.6 Å². The van der Waals surface area contributed by atoms with Crippen LogP contribution >= 0.6 is 0 Å². The number of carbonyl (C=O) groups is 1. The molecule has 0 radical (unpaired) electrons. The Bertz CT molecular complexity index is 740. The number of aromatic nitrogens is 1. The molecule has 7 heteroatoms. The first kappa shape index (κ1) is 17.7. The van der Waals surface area contributed by atoms with Gasteiger partial charge in [0, 0.05) is 12.3 Å². The van der Waals surface area contributed by atoms with E-state index < -0.39 is 24.1 Å². The van der Waals surface area contributed by atoms with Crippen molar-refractivity contribution in [1.82, 2.24) is 4.57 Å². The Morgan fingerprint density at radius 2 is 1.96 bits per heavy atom. The summed E-state index contributed by atoms with van der Waals surface area (Å²) in [4.78, 5) is 24.2. The molecule has 0 bridgehead atoms. The second-order valence-corrected chi connectivity index (χ2v) is 5.11. The van der Waals surface area contributed by atoms with E-state index in [1.165, 1.54) is 23.9 Å². The fraction of sp³-hybridized carbons (Fsp3) is 0.294. The SMILES string of the molecule is COC(=O)c1c(OCc2ccccc2)c(=O)ccn1C[C@H](O)CO. The normalized spacial score (nSPS) is 11.8. The monoisotopic (exact) mass is 333 g/mol. The van der Waals surface area contributed by atoms with Gasteiger partial charge in [0.05, 0.1) is 26.4 Å². The number of aliphatic hydroxyl groups is 2. The molecule has 0 aliphatic heterocycles. The number of rotatable bonds is 7. The Labute approximate surface area is 138 Å². The van der Waals surface area contributed by atoms with Crippen LogP contribution in [0.1, 0.15) is 16.1 Å². The highest BCUT2D eigenvalue weighted by atomic mass is 16.5. The molecule has 128 valence electrons. The lowest BCUT2D eigenvalue weighted by Gasteiger charge is -2.17. The first-order valence-corrected chi connectivity index (χ1v) is 7.34. The topological polar surface area (TPSA) is 98.0 Å². The van der Waals surface area contributed by atoms with E-state index in [1.807, 2.05) is 30.3 Å². The zero-order valence-electron chi connectivity index (χ0n) is 13.2. The van der Waals surface area contributed by atoms with E-state index in [9.17, 15) is 14.7 Å². The van der Waals surface area contributed by atoms with Crippen LogP contribution in [0.3, 0.4) is 0 Å². The summed E-state index contributed by atoms with van der Waals surface area (Å²) >= 11 is 0. The minimum Gasteiger partial charge on any atom is -0.482 e. The maximum atomic E-state index is 12.1. The lowest BCUT2D eigenvalue weighted by atomic mass is 10.2. The van der Waals surface area contributed by atoms with Gasteiger partial charge in [-0.1, -0.05) is 30.3 Å². The molecule has 7 nitrogen and oxygen atoms in total. The summed E-state index contributed by atoms with van der Waals surface area (Å²) in [5.41, 5.74) is 0.257. The summed E-state index contributed by atoms with van der Waals surface area (Å²) in [5, 5.41) is 18.6. The molecular formula is C17H19NO6. The third kappa shape index (κ3) is 4.21. The summed E-state index contributed by atoms with van der Waals surface area (Å²) < 4.78 is 11.6. The molecule has 0 amide bonds. The van der Waals surface area contributed by atoms with Crippen molar-refractivity contribution in [3.05, 3.63) is 64.1 Å². The van der Waals surface area contributed by atoms with Crippen molar-refractivity contribution in [2.75, 3.05) is 13.7 Å². The molecule has 2 N–H and O–H groups in total. The predicted octanol–water partition coefficient (Wildman–Crippen LogP) is 0.567. The van der Waals surface area contributed by atoms with E-state index in [0.717, 1.165) is 5.56 Å². The van der Waals surface area contributed by atoms with Crippen molar-refractivity contribution in [2.45, 2.75) is 19.3 Å². The van der Waals surface area contributed by atoms with Crippen LogP contribution in [0.15, 0.2) is 47.4 Å². The number of aliphatic hydroxyl groups excluding tert-OH is 2. The highest BCUT2D eigenvalue weighted by Crippen LogP contribution is 2.17.